The average Bonchev–Trinajstić information content (AvgIpc) is 2.21. The van der Waals surface area contributed by atoms with Crippen molar-refractivity contribution in [1.29, 1.82) is 0 Å². The van der Waals surface area contributed by atoms with E-state index in [4.69, 9.17) is 4.74 Å². The Bertz CT molecular complexity index is 132. The second-order valence-electron chi connectivity index (χ2n) is 3.70. The van der Waals surface area contributed by atoms with E-state index < -0.39 is 0 Å². The van der Waals surface area contributed by atoms with Crippen LogP contribution in [0, 0.1) is 0 Å². The average molecular weight is 200 g/mol. The fraction of sp³-hybridized carbons (Fsp3) is 0.917. The minimum absolute atomic E-state index is 0.0732. The maximum atomic E-state index is 10.8. The molecule has 0 saturated heterocycles. The highest BCUT2D eigenvalue weighted by atomic mass is 16.5. The van der Waals surface area contributed by atoms with Gasteiger partial charge in [0.1, 0.15) is 0 Å². The molecule has 84 valence electrons. The fourth-order valence-electron chi connectivity index (χ4n) is 1.35. The molecule has 0 aliphatic heterocycles. The second-order valence-corrected chi connectivity index (χ2v) is 3.70. The molecule has 0 rings (SSSR count). The van der Waals surface area contributed by atoms with Crippen LogP contribution >= 0.6 is 0 Å². The molecule has 0 bridgehead atoms. The lowest BCUT2D eigenvalue weighted by Crippen LogP contribution is -2.03. The lowest BCUT2D eigenvalue weighted by molar-refractivity contribution is -0.143. The Kier molecular flexibility index (Phi) is 10.2. The van der Waals surface area contributed by atoms with E-state index in [1.807, 2.05) is 6.92 Å². The van der Waals surface area contributed by atoms with Crippen LogP contribution in [0.15, 0.2) is 0 Å². The van der Waals surface area contributed by atoms with E-state index in [2.05, 4.69) is 6.92 Å². The van der Waals surface area contributed by atoms with Gasteiger partial charge in [0.05, 0.1) is 6.61 Å². The van der Waals surface area contributed by atoms with E-state index in [0.717, 1.165) is 6.42 Å². The van der Waals surface area contributed by atoms with Crippen molar-refractivity contribution in [3.05, 3.63) is 0 Å². The van der Waals surface area contributed by atoms with Crippen molar-refractivity contribution in [2.45, 2.75) is 65.2 Å². The fourth-order valence-corrected chi connectivity index (χ4v) is 1.35. The Morgan fingerprint density at radius 1 is 0.929 bits per heavy atom. The first-order valence-electron chi connectivity index (χ1n) is 5.96. The van der Waals surface area contributed by atoms with Gasteiger partial charge in [0, 0.05) is 6.42 Å². The number of carbonyl (C=O) groups is 1. The van der Waals surface area contributed by atoms with Gasteiger partial charge in [-0.05, 0) is 6.42 Å². The van der Waals surface area contributed by atoms with Crippen molar-refractivity contribution in [3.63, 3.8) is 0 Å². The zero-order valence-corrected chi connectivity index (χ0v) is 9.68. The van der Waals surface area contributed by atoms with Crippen molar-refractivity contribution in [1.82, 2.24) is 0 Å². The minimum Gasteiger partial charge on any atom is -0.466 e. The van der Waals surface area contributed by atoms with Crippen molar-refractivity contribution in [2.24, 2.45) is 0 Å². The highest BCUT2D eigenvalue weighted by molar-refractivity contribution is 5.68. The molecule has 0 atom stereocenters. The summed E-state index contributed by atoms with van der Waals surface area (Å²) in [4.78, 5) is 10.8. The van der Waals surface area contributed by atoms with Crippen molar-refractivity contribution in [3.8, 4) is 0 Å². The predicted molar refractivity (Wildman–Crippen MR) is 59.2 cm³/mol. The third-order valence-electron chi connectivity index (χ3n) is 2.30. The molecule has 0 spiro atoms. The second kappa shape index (κ2) is 10.6. The molecule has 0 saturated carbocycles. The van der Waals surface area contributed by atoms with Gasteiger partial charge in [-0.1, -0.05) is 52.4 Å². The van der Waals surface area contributed by atoms with E-state index in [0.29, 0.717) is 13.0 Å². The summed E-state index contributed by atoms with van der Waals surface area (Å²) in [5, 5.41) is 0. The van der Waals surface area contributed by atoms with E-state index in [-0.39, 0.29) is 5.97 Å². The van der Waals surface area contributed by atoms with Gasteiger partial charge in [0.25, 0.3) is 0 Å². The Morgan fingerprint density at radius 2 is 1.50 bits per heavy atom. The molecule has 0 fully saturated rings. The zero-order chi connectivity index (χ0) is 10.6. The molecular formula is C12H24O2. The van der Waals surface area contributed by atoms with Gasteiger partial charge in [-0.25, -0.2) is 0 Å². The lowest BCUT2D eigenvalue weighted by Gasteiger charge is -2.02. The molecule has 2 nitrogen and oxygen atoms in total. The van der Waals surface area contributed by atoms with Crippen LogP contribution in [-0.2, 0) is 9.53 Å². The van der Waals surface area contributed by atoms with E-state index >= 15 is 0 Å². The zero-order valence-electron chi connectivity index (χ0n) is 9.68. The van der Waals surface area contributed by atoms with Crippen molar-refractivity contribution in [2.75, 3.05) is 6.61 Å². The van der Waals surface area contributed by atoms with Gasteiger partial charge in [-0.3, -0.25) is 4.79 Å². The molecule has 0 heterocycles. The Labute approximate surface area is 88.0 Å². The monoisotopic (exact) mass is 200 g/mol. The van der Waals surface area contributed by atoms with Crippen LogP contribution in [0.1, 0.15) is 65.2 Å². The summed E-state index contributed by atoms with van der Waals surface area (Å²) in [7, 11) is 0. The Balaban J connectivity index is 2.95. The van der Waals surface area contributed by atoms with Crippen molar-refractivity contribution < 1.29 is 9.53 Å². The first-order valence-corrected chi connectivity index (χ1v) is 5.96. The molecule has 0 aromatic heterocycles. The molecule has 0 aromatic rings. The lowest BCUT2D eigenvalue weighted by atomic mass is 10.1. The summed E-state index contributed by atoms with van der Waals surface area (Å²) in [5.74, 6) is -0.0732. The Hall–Kier alpha value is -0.530. The summed E-state index contributed by atoms with van der Waals surface area (Å²) in [6.45, 7) is 4.66. The van der Waals surface area contributed by atoms with Crippen LogP contribution in [0.25, 0.3) is 0 Å². The van der Waals surface area contributed by atoms with Crippen molar-refractivity contribution >= 4 is 5.97 Å². The summed E-state index contributed by atoms with van der Waals surface area (Å²) in [5.41, 5.74) is 0. The van der Waals surface area contributed by atoms with Crippen LogP contribution in [-0.4, -0.2) is 12.6 Å². The van der Waals surface area contributed by atoms with Gasteiger partial charge in [-0.15, -0.1) is 0 Å². The van der Waals surface area contributed by atoms with Crippen LogP contribution < -0.4 is 0 Å². The number of hydrogen-bond acceptors (Lipinski definition) is 2. The third-order valence-corrected chi connectivity index (χ3v) is 2.30. The predicted octanol–water partition coefficient (Wildman–Crippen LogP) is 3.69. The number of carbonyl (C=O) groups excluding carboxylic acids is 1. The Morgan fingerprint density at radius 3 is 2.07 bits per heavy atom. The first kappa shape index (κ1) is 13.5. The molecule has 2 heteroatoms. The van der Waals surface area contributed by atoms with Crippen LogP contribution in [0.3, 0.4) is 0 Å². The highest BCUT2D eigenvalue weighted by Gasteiger charge is 1.96. The molecular weight excluding hydrogens is 176 g/mol. The van der Waals surface area contributed by atoms with Crippen LogP contribution in [0.2, 0.25) is 0 Å². The minimum atomic E-state index is -0.0732. The molecule has 0 amide bonds. The summed E-state index contributed by atoms with van der Waals surface area (Å²) >= 11 is 0. The molecule has 0 N–H and O–H groups in total. The maximum Gasteiger partial charge on any atom is 0.305 e. The van der Waals surface area contributed by atoms with Gasteiger partial charge in [0.15, 0.2) is 0 Å². The topological polar surface area (TPSA) is 26.3 Å². The van der Waals surface area contributed by atoms with Crippen LogP contribution in [0.5, 0.6) is 0 Å². The third kappa shape index (κ3) is 9.56. The van der Waals surface area contributed by atoms with Gasteiger partial charge < -0.3 is 4.74 Å². The van der Waals surface area contributed by atoms with E-state index in [9.17, 15) is 4.79 Å². The standard InChI is InChI=1S/C12H24O2/c1-3-5-6-7-8-9-10-11-14-12(13)4-2/h3-11H2,1-2H3. The smallest absolute Gasteiger partial charge is 0.305 e. The number of ether oxygens (including phenoxy) is 1. The molecule has 0 aromatic carbocycles. The number of esters is 1. The van der Waals surface area contributed by atoms with Gasteiger partial charge in [0.2, 0.25) is 0 Å². The molecule has 0 aliphatic carbocycles. The largest absolute Gasteiger partial charge is 0.466 e. The van der Waals surface area contributed by atoms with Crippen LogP contribution in [0.4, 0.5) is 0 Å². The molecule has 0 unspecified atom stereocenters. The van der Waals surface area contributed by atoms with E-state index in [1.54, 1.807) is 0 Å². The van der Waals surface area contributed by atoms with Gasteiger partial charge in [-0.2, -0.15) is 0 Å². The molecule has 14 heavy (non-hydrogen) atoms. The summed E-state index contributed by atoms with van der Waals surface area (Å²) in [6, 6.07) is 0. The molecule has 0 aliphatic rings. The highest BCUT2D eigenvalue weighted by Crippen LogP contribution is 2.06. The normalized spacial score (nSPS) is 10.1. The maximum absolute atomic E-state index is 10.8. The summed E-state index contributed by atoms with van der Waals surface area (Å²) in [6.07, 6.45) is 9.33. The number of rotatable bonds is 9. The van der Waals surface area contributed by atoms with Gasteiger partial charge >= 0.3 is 5.97 Å². The summed E-state index contributed by atoms with van der Waals surface area (Å²) < 4.78 is 4.98. The SMILES string of the molecule is CCCCCCCCCOC(=O)CC. The van der Waals surface area contributed by atoms with E-state index in [1.165, 1.54) is 38.5 Å². The molecule has 0 radical (unpaired) electrons. The first-order chi connectivity index (χ1) is 6.81. The number of unbranched alkanes of at least 4 members (excludes halogenated alkanes) is 6. The quantitative estimate of drug-likeness (QED) is 0.419. The number of hydrogen-bond donors (Lipinski definition) is 0.